The Morgan fingerprint density at radius 3 is 2.71 bits per heavy atom. The van der Waals surface area contributed by atoms with Gasteiger partial charge in [-0.25, -0.2) is 4.39 Å². The molecule has 0 aromatic heterocycles. The molecule has 0 saturated carbocycles. The Labute approximate surface area is 128 Å². The summed E-state index contributed by atoms with van der Waals surface area (Å²) in [7, 11) is 0. The molecule has 1 heterocycles. The lowest BCUT2D eigenvalue weighted by Crippen LogP contribution is -2.34. The van der Waals surface area contributed by atoms with Crippen LogP contribution < -0.4 is 0 Å². The van der Waals surface area contributed by atoms with Gasteiger partial charge in [0.15, 0.2) is 17.5 Å². The lowest BCUT2D eigenvalue weighted by molar-refractivity contribution is -0.151. The highest BCUT2D eigenvalue weighted by Gasteiger charge is 2.36. The van der Waals surface area contributed by atoms with Crippen molar-refractivity contribution in [3.8, 4) is 0 Å². The maximum Gasteiger partial charge on any atom is 0.329 e. The fraction of sp³-hybridized carbons (Fsp3) is 0.133. The van der Waals surface area contributed by atoms with Gasteiger partial charge in [0.1, 0.15) is 11.6 Å². The minimum atomic E-state index is -1.51. The lowest BCUT2D eigenvalue weighted by Gasteiger charge is -2.15. The normalized spacial score (nSPS) is 18.6. The van der Waals surface area contributed by atoms with Crippen LogP contribution in [-0.4, -0.2) is 17.5 Å². The molecule has 0 fully saturated rings. The first kappa shape index (κ1) is 15.3. The summed E-state index contributed by atoms with van der Waals surface area (Å²) in [6.45, 7) is 1.45. The summed E-state index contributed by atoms with van der Waals surface area (Å²) in [5.74, 6) is -4.17. The Balaban J connectivity index is 2.20. The van der Waals surface area contributed by atoms with E-state index in [1.807, 2.05) is 0 Å². The zero-order valence-corrected chi connectivity index (χ0v) is 12.5. The standard InChI is InChI=1S/C15H10BrFO4/c1-8-6-13(19)14(15(20)21-8)12(18)5-3-9-2-4-10(16)7-11(9)17/h2-7,14H,1H3/b5-3+. The highest BCUT2D eigenvalue weighted by Crippen LogP contribution is 2.19. The number of cyclic esters (lactones) is 1. The van der Waals surface area contributed by atoms with Crippen LogP contribution in [0.4, 0.5) is 4.39 Å². The van der Waals surface area contributed by atoms with Crippen LogP contribution in [0.3, 0.4) is 0 Å². The number of ketones is 2. The molecule has 0 spiro atoms. The molecule has 108 valence electrons. The van der Waals surface area contributed by atoms with Crippen molar-refractivity contribution in [2.45, 2.75) is 6.92 Å². The fourth-order valence-electron chi connectivity index (χ4n) is 1.81. The SMILES string of the molecule is CC1=CC(=O)C(C(=O)/C=C/c2ccc(Br)cc2F)C(=O)O1. The summed E-state index contributed by atoms with van der Waals surface area (Å²) in [5, 5.41) is 0. The van der Waals surface area contributed by atoms with Crippen LogP contribution in [0.5, 0.6) is 0 Å². The molecule has 0 amide bonds. The van der Waals surface area contributed by atoms with Gasteiger partial charge in [-0.3, -0.25) is 14.4 Å². The highest BCUT2D eigenvalue weighted by atomic mass is 79.9. The molecule has 0 bridgehead atoms. The van der Waals surface area contributed by atoms with Crippen molar-refractivity contribution >= 4 is 39.5 Å². The van der Waals surface area contributed by atoms with Crippen LogP contribution >= 0.6 is 15.9 Å². The quantitative estimate of drug-likeness (QED) is 0.476. The highest BCUT2D eigenvalue weighted by molar-refractivity contribution is 9.10. The van der Waals surface area contributed by atoms with Crippen LogP contribution in [0.1, 0.15) is 12.5 Å². The van der Waals surface area contributed by atoms with E-state index in [4.69, 9.17) is 4.74 Å². The Hall–Kier alpha value is -2.08. The number of ether oxygens (including phenoxy) is 1. The van der Waals surface area contributed by atoms with E-state index in [0.29, 0.717) is 4.47 Å². The molecule has 21 heavy (non-hydrogen) atoms. The van der Waals surface area contributed by atoms with E-state index in [9.17, 15) is 18.8 Å². The molecule has 1 aliphatic heterocycles. The summed E-state index contributed by atoms with van der Waals surface area (Å²) >= 11 is 3.12. The van der Waals surface area contributed by atoms with Crippen LogP contribution in [0, 0.1) is 11.7 Å². The molecular weight excluding hydrogens is 343 g/mol. The Morgan fingerprint density at radius 2 is 2.10 bits per heavy atom. The first-order chi connectivity index (χ1) is 9.88. The number of rotatable bonds is 3. The van der Waals surface area contributed by atoms with Crippen molar-refractivity contribution < 1.29 is 23.5 Å². The van der Waals surface area contributed by atoms with Gasteiger partial charge in [-0.2, -0.15) is 0 Å². The summed E-state index contributed by atoms with van der Waals surface area (Å²) in [6.07, 6.45) is 3.32. The van der Waals surface area contributed by atoms with E-state index in [0.717, 1.165) is 12.2 Å². The third kappa shape index (κ3) is 3.52. The van der Waals surface area contributed by atoms with Crippen molar-refractivity contribution in [2.75, 3.05) is 0 Å². The smallest absolute Gasteiger partial charge is 0.329 e. The van der Waals surface area contributed by atoms with Crippen molar-refractivity contribution in [3.05, 3.63) is 52.0 Å². The Morgan fingerprint density at radius 1 is 1.38 bits per heavy atom. The molecule has 1 aliphatic rings. The van der Waals surface area contributed by atoms with E-state index in [1.54, 1.807) is 6.07 Å². The predicted molar refractivity (Wildman–Crippen MR) is 76.5 cm³/mol. The zero-order chi connectivity index (χ0) is 15.6. The van der Waals surface area contributed by atoms with E-state index in [1.165, 1.54) is 25.1 Å². The van der Waals surface area contributed by atoms with Crippen molar-refractivity contribution in [2.24, 2.45) is 5.92 Å². The molecule has 4 nitrogen and oxygen atoms in total. The first-order valence-corrected chi connectivity index (χ1v) is 6.78. The Bertz CT molecular complexity index is 691. The molecule has 1 aromatic carbocycles. The van der Waals surface area contributed by atoms with E-state index in [-0.39, 0.29) is 11.3 Å². The molecule has 0 radical (unpaired) electrons. The number of hydrogen-bond acceptors (Lipinski definition) is 4. The van der Waals surface area contributed by atoms with Gasteiger partial charge in [-0.05, 0) is 31.2 Å². The van der Waals surface area contributed by atoms with Crippen molar-refractivity contribution in [1.29, 1.82) is 0 Å². The molecule has 0 aliphatic carbocycles. The van der Waals surface area contributed by atoms with Crippen molar-refractivity contribution in [1.82, 2.24) is 0 Å². The fourth-order valence-corrected chi connectivity index (χ4v) is 2.14. The average molecular weight is 353 g/mol. The number of carbonyl (C=O) groups excluding carboxylic acids is 3. The number of hydrogen-bond donors (Lipinski definition) is 0. The van der Waals surface area contributed by atoms with Gasteiger partial charge in [0.2, 0.25) is 0 Å². The van der Waals surface area contributed by atoms with Gasteiger partial charge in [-0.1, -0.05) is 22.0 Å². The van der Waals surface area contributed by atoms with Gasteiger partial charge in [0.25, 0.3) is 0 Å². The second-order valence-electron chi connectivity index (χ2n) is 4.41. The van der Waals surface area contributed by atoms with Gasteiger partial charge in [0.05, 0.1) is 0 Å². The Kier molecular flexibility index (Phi) is 4.47. The van der Waals surface area contributed by atoms with Crippen LogP contribution in [0.25, 0.3) is 6.08 Å². The average Bonchev–Trinajstić information content (AvgIpc) is 2.36. The number of allylic oxidation sites excluding steroid dienone is 3. The monoisotopic (exact) mass is 352 g/mol. The molecule has 6 heteroatoms. The third-order valence-electron chi connectivity index (χ3n) is 2.80. The largest absolute Gasteiger partial charge is 0.430 e. The summed E-state index contributed by atoms with van der Waals surface area (Å²) in [6, 6.07) is 4.32. The molecule has 0 saturated heterocycles. The van der Waals surface area contributed by atoms with E-state index >= 15 is 0 Å². The van der Waals surface area contributed by atoms with E-state index in [2.05, 4.69) is 15.9 Å². The number of carbonyl (C=O) groups is 3. The number of esters is 1. The van der Waals surface area contributed by atoms with Crippen LogP contribution in [-0.2, 0) is 19.1 Å². The lowest BCUT2D eigenvalue weighted by atomic mass is 9.96. The number of halogens is 2. The molecule has 0 N–H and O–H groups in total. The zero-order valence-electron chi connectivity index (χ0n) is 10.9. The minimum absolute atomic E-state index is 0.150. The maximum absolute atomic E-state index is 13.6. The van der Waals surface area contributed by atoms with Gasteiger partial charge in [0, 0.05) is 16.1 Å². The summed E-state index contributed by atoms with van der Waals surface area (Å²) < 4.78 is 18.9. The molecule has 1 atom stereocenters. The van der Waals surface area contributed by atoms with Crippen LogP contribution in [0.2, 0.25) is 0 Å². The van der Waals surface area contributed by atoms with Gasteiger partial charge in [-0.15, -0.1) is 0 Å². The van der Waals surface area contributed by atoms with Gasteiger partial charge < -0.3 is 4.74 Å². The second kappa shape index (κ2) is 6.13. The summed E-state index contributed by atoms with van der Waals surface area (Å²) in [5.41, 5.74) is 0.176. The molecular formula is C15H10BrFO4. The van der Waals surface area contributed by atoms with Crippen LogP contribution in [0.15, 0.2) is 40.6 Å². The molecule has 1 unspecified atom stereocenters. The predicted octanol–water partition coefficient (Wildman–Crippen LogP) is 2.82. The van der Waals surface area contributed by atoms with Gasteiger partial charge >= 0.3 is 5.97 Å². The second-order valence-corrected chi connectivity index (χ2v) is 5.33. The molecule has 2 rings (SSSR count). The molecule has 1 aromatic rings. The topological polar surface area (TPSA) is 60.4 Å². The minimum Gasteiger partial charge on any atom is -0.430 e. The third-order valence-corrected chi connectivity index (χ3v) is 3.29. The number of benzene rings is 1. The first-order valence-electron chi connectivity index (χ1n) is 5.99. The van der Waals surface area contributed by atoms with Crippen molar-refractivity contribution in [3.63, 3.8) is 0 Å². The van der Waals surface area contributed by atoms with E-state index < -0.39 is 29.3 Å². The summed E-state index contributed by atoms with van der Waals surface area (Å²) in [4.78, 5) is 35.1. The maximum atomic E-state index is 13.6.